The summed E-state index contributed by atoms with van der Waals surface area (Å²) in [6, 6.07) is 0. The van der Waals surface area contributed by atoms with Gasteiger partial charge in [-0.1, -0.05) is 298 Å². The van der Waals surface area contributed by atoms with Crippen LogP contribution in [0.4, 0.5) is 0 Å². The zero-order chi connectivity index (χ0) is 58.5. The Hall–Kier alpha value is -3.67. The summed E-state index contributed by atoms with van der Waals surface area (Å²) in [6.45, 7) is 6.54. The maximum absolute atomic E-state index is 12.9. The zero-order valence-corrected chi connectivity index (χ0v) is 53.5. The van der Waals surface area contributed by atoms with Crippen LogP contribution < -0.4 is 0 Å². The Balaban J connectivity index is 4.27. The average Bonchev–Trinajstić information content (AvgIpc) is 3.47. The molecule has 0 rings (SSSR count). The molecule has 81 heavy (non-hydrogen) atoms. The number of hydrogen-bond donors (Lipinski definition) is 0. The van der Waals surface area contributed by atoms with Crippen LogP contribution in [0.25, 0.3) is 0 Å². The lowest BCUT2D eigenvalue weighted by atomic mass is 10.0. The maximum Gasteiger partial charge on any atom is 0.306 e. The first-order valence-corrected chi connectivity index (χ1v) is 34.7. The molecule has 466 valence electrons. The standard InChI is InChI=1S/C75H130O6/c1-4-7-10-13-16-19-22-25-28-30-31-32-33-34-35-36-37-38-39-40-41-42-43-45-47-50-53-56-59-62-65-68-74(77)80-71-72(70-79-73(76)67-64-61-58-55-52-49-46-27-24-21-18-15-12-9-6-3)81-75(78)69-66-63-60-57-54-51-48-44-29-26-23-20-17-14-11-8-5-2/h7,10,16,19,25-29,31-32,34-35,37-38,46,72H,4-6,8-9,11-15,17-18,20-24,30,33,36,39-45,47-71H2,1-3H3/b10-7-,19-16-,28-25-,29-26-,32-31-,35-34-,38-37-,46-27-. The van der Waals surface area contributed by atoms with Gasteiger partial charge in [0.25, 0.3) is 0 Å². The van der Waals surface area contributed by atoms with Crippen LogP contribution in [-0.2, 0) is 28.6 Å². The van der Waals surface area contributed by atoms with E-state index >= 15 is 0 Å². The van der Waals surface area contributed by atoms with Crippen LogP contribution in [0.15, 0.2) is 97.2 Å². The van der Waals surface area contributed by atoms with Crippen LogP contribution in [-0.4, -0.2) is 37.2 Å². The number of ether oxygens (including phenoxy) is 3. The molecule has 0 fully saturated rings. The Labute approximate surface area is 502 Å². The van der Waals surface area contributed by atoms with Crippen LogP contribution in [0.5, 0.6) is 0 Å². The van der Waals surface area contributed by atoms with Crippen LogP contribution in [0, 0.1) is 0 Å². The molecule has 0 heterocycles. The predicted octanol–water partition coefficient (Wildman–Crippen LogP) is 24.0. The van der Waals surface area contributed by atoms with Crippen molar-refractivity contribution in [3.05, 3.63) is 97.2 Å². The minimum absolute atomic E-state index is 0.0804. The molecule has 6 heteroatoms. The van der Waals surface area contributed by atoms with Crippen molar-refractivity contribution in [1.82, 2.24) is 0 Å². The van der Waals surface area contributed by atoms with Crippen LogP contribution in [0.3, 0.4) is 0 Å². The first-order valence-electron chi connectivity index (χ1n) is 34.7. The molecular formula is C75H130O6. The van der Waals surface area contributed by atoms with E-state index in [2.05, 4.69) is 118 Å². The number of unbranched alkanes of at least 4 members (excludes halogenated alkanes) is 36. The summed E-state index contributed by atoms with van der Waals surface area (Å²) < 4.78 is 17.0. The second-order valence-corrected chi connectivity index (χ2v) is 23.1. The highest BCUT2D eigenvalue weighted by atomic mass is 16.6. The largest absolute Gasteiger partial charge is 0.462 e. The molecule has 0 aliphatic heterocycles. The summed E-state index contributed by atoms with van der Waals surface area (Å²) in [4.78, 5) is 38.4. The Bertz CT molecular complexity index is 1580. The Morgan fingerprint density at radius 2 is 0.481 bits per heavy atom. The van der Waals surface area contributed by atoms with Gasteiger partial charge in [0.1, 0.15) is 13.2 Å². The van der Waals surface area contributed by atoms with Gasteiger partial charge in [0.15, 0.2) is 6.10 Å². The molecule has 0 saturated carbocycles. The number of carbonyl (C=O) groups is 3. The lowest BCUT2D eigenvalue weighted by Crippen LogP contribution is -2.30. The highest BCUT2D eigenvalue weighted by Gasteiger charge is 2.19. The van der Waals surface area contributed by atoms with Gasteiger partial charge in [-0.2, -0.15) is 0 Å². The van der Waals surface area contributed by atoms with E-state index in [0.29, 0.717) is 19.3 Å². The van der Waals surface area contributed by atoms with E-state index in [-0.39, 0.29) is 31.1 Å². The van der Waals surface area contributed by atoms with Crippen molar-refractivity contribution < 1.29 is 28.6 Å². The van der Waals surface area contributed by atoms with Crippen molar-refractivity contribution in [2.24, 2.45) is 0 Å². The predicted molar refractivity (Wildman–Crippen MR) is 353 cm³/mol. The highest BCUT2D eigenvalue weighted by molar-refractivity contribution is 5.71. The van der Waals surface area contributed by atoms with Crippen molar-refractivity contribution in [2.75, 3.05) is 13.2 Å². The van der Waals surface area contributed by atoms with Crippen molar-refractivity contribution in [3.63, 3.8) is 0 Å². The van der Waals surface area contributed by atoms with Gasteiger partial charge in [0.2, 0.25) is 0 Å². The van der Waals surface area contributed by atoms with E-state index in [1.165, 1.54) is 199 Å². The van der Waals surface area contributed by atoms with Gasteiger partial charge >= 0.3 is 17.9 Å². The number of allylic oxidation sites excluding steroid dienone is 16. The third-order valence-electron chi connectivity index (χ3n) is 15.0. The number of rotatable bonds is 63. The van der Waals surface area contributed by atoms with Crippen LogP contribution in [0.2, 0.25) is 0 Å². The van der Waals surface area contributed by atoms with Crippen molar-refractivity contribution in [3.8, 4) is 0 Å². The van der Waals surface area contributed by atoms with Gasteiger partial charge in [-0.15, -0.1) is 0 Å². The molecule has 0 bridgehead atoms. The monoisotopic (exact) mass is 1130 g/mol. The van der Waals surface area contributed by atoms with Crippen LogP contribution >= 0.6 is 0 Å². The SMILES string of the molecule is CC/C=C\C/C=C\C/C=C\C/C=C\C/C=C\C/C=C\CCCCCCCCCCCCCCC(=O)OCC(COC(=O)CCCCCCC/C=C\CCCCCCCC)OC(=O)CCCCCCCCC/C=C\CCCCCCCC. The summed E-state index contributed by atoms with van der Waals surface area (Å²) in [5.74, 6) is -0.880. The molecule has 0 aromatic carbocycles. The quantitative estimate of drug-likeness (QED) is 0.0261. The minimum Gasteiger partial charge on any atom is -0.462 e. The fourth-order valence-electron chi connectivity index (χ4n) is 9.85. The first kappa shape index (κ1) is 77.3. The van der Waals surface area contributed by atoms with Gasteiger partial charge in [0.05, 0.1) is 0 Å². The fourth-order valence-corrected chi connectivity index (χ4v) is 9.85. The van der Waals surface area contributed by atoms with E-state index in [9.17, 15) is 14.4 Å². The number of hydrogen-bond acceptors (Lipinski definition) is 6. The van der Waals surface area contributed by atoms with Crippen molar-refractivity contribution in [1.29, 1.82) is 0 Å². The molecule has 0 aromatic rings. The molecule has 0 aliphatic carbocycles. The third kappa shape index (κ3) is 67.0. The Kier molecular flexibility index (Phi) is 65.7. The van der Waals surface area contributed by atoms with E-state index in [1.54, 1.807) is 0 Å². The molecule has 1 unspecified atom stereocenters. The summed E-state index contributed by atoms with van der Waals surface area (Å²) in [5, 5.41) is 0. The molecule has 6 nitrogen and oxygen atoms in total. The fraction of sp³-hybridized carbons (Fsp3) is 0.747. The molecule has 1 atom stereocenters. The Morgan fingerprint density at radius 1 is 0.259 bits per heavy atom. The van der Waals surface area contributed by atoms with E-state index < -0.39 is 6.10 Å². The molecule has 0 radical (unpaired) electrons. The van der Waals surface area contributed by atoms with Gasteiger partial charge in [-0.05, 0) is 122 Å². The summed E-state index contributed by atoms with van der Waals surface area (Å²) >= 11 is 0. The van der Waals surface area contributed by atoms with E-state index in [1.807, 2.05) is 0 Å². The molecule has 0 amide bonds. The van der Waals surface area contributed by atoms with Gasteiger partial charge in [-0.25, -0.2) is 0 Å². The molecule has 0 spiro atoms. The normalized spacial score (nSPS) is 12.7. The van der Waals surface area contributed by atoms with Gasteiger partial charge in [0, 0.05) is 19.3 Å². The van der Waals surface area contributed by atoms with Gasteiger partial charge in [-0.3, -0.25) is 14.4 Å². The lowest BCUT2D eigenvalue weighted by molar-refractivity contribution is -0.167. The minimum atomic E-state index is -0.785. The Morgan fingerprint density at radius 3 is 0.765 bits per heavy atom. The average molecular weight is 1130 g/mol. The molecule has 0 aliphatic rings. The summed E-state index contributed by atoms with van der Waals surface area (Å²) in [5.41, 5.74) is 0. The van der Waals surface area contributed by atoms with Crippen molar-refractivity contribution in [2.45, 2.75) is 348 Å². The molecule has 0 saturated heterocycles. The number of carbonyl (C=O) groups excluding carboxylic acids is 3. The lowest BCUT2D eigenvalue weighted by Gasteiger charge is -2.18. The van der Waals surface area contributed by atoms with Crippen LogP contribution in [0.1, 0.15) is 342 Å². The smallest absolute Gasteiger partial charge is 0.306 e. The topological polar surface area (TPSA) is 78.9 Å². The maximum atomic E-state index is 12.9. The molecule has 0 aromatic heterocycles. The summed E-state index contributed by atoms with van der Waals surface area (Å²) in [7, 11) is 0. The zero-order valence-electron chi connectivity index (χ0n) is 53.5. The first-order chi connectivity index (χ1) is 40.0. The highest BCUT2D eigenvalue weighted by Crippen LogP contribution is 2.17. The second kappa shape index (κ2) is 68.8. The van der Waals surface area contributed by atoms with E-state index in [4.69, 9.17) is 14.2 Å². The van der Waals surface area contributed by atoms with E-state index in [0.717, 1.165) is 103 Å². The summed E-state index contributed by atoms with van der Waals surface area (Å²) in [6.07, 6.45) is 92.8. The third-order valence-corrected chi connectivity index (χ3v) is 15.0. The van der Waals surface area contributed by atoms with Gasteiger partial charge < -0.3 is 14.2 Å². The van der Waals surface area contributed by atoms with Crippen molar-refractivity contribution >= 4 is 17.9 Å². The number of esters is 3. The second-order valence-electron chi connectivity index (χ2n) is 23.1. The molecule has 0 N–H and O–H groups in total. The molecular weight excluding hydrogens is 997 g/mol.